The van der Waals surface area contributed by atoms with Gasteiger partial charge in [-0.25, -0.2) is 0 Å². The van der Waals surface area contributed by atoms with Gasteiger partial charge in [0.2, 0.25) is 0 Å². The minimum absolute atomic E-state index is 0.122. The molecule has 1 atom stereocenters. The third kappa shape index (κ3) is 2.56. The second-order valence-corrected chi connectivity index (χ2v) is 2.87. The Hall–Kier alpha value is -1.34. The lowest BCUT2D eigenvalue weighted by molar-refractivity contribution is 0.565. The molecule has 1 heterocycles. The summed E-state index contributed by atoms with van der Waals surface area (Å²) in [5.74, 6) is 3.56. The van der Waals surface area contributed by atoms with Crippen LogP contribution in [-0.2, 0) is 13.6 Å². The highest BCUT2D eigenvalue weighted by atomic mass is 15.3. The average Bonchev–Trinajstić information content (AvgIpc) is 2.54. The number of hydrogen-bond acceptors (Lipinski definition) is 3. The maximum Gasteiger partial charge on any atom is 0.146 e. The molecule has 1 aromatic rings. The first-order valence-corrected chi connectivity index (χ1v) is 4.30. The molecular weight excluding hydrogens is 164 g/mol. The van der Waals surface area contributed by atoms with Crippen molar-refractivity contribution in [1.82, 2.24) is 20.1 Å². The number of aryl methyl sites for hydroxylation is 1. The molecule has 1 aromatic heterocycles. The zero-order valence-electron chi connectivity index (χ0n) is 7.99. The molecule has 1 unspecified atom stereocenters. The Bertz CT molecular complexity index is 297. The van der Waals surface area contributed by atoms with E-state index >= 15 is 0 Å². The van der Waals surface area contributed by atoms with E-state index in [0.29, 0.717) is 6.54 Å². The molecule has 0 saturated carbocycles. The van der Waals surface area contributed by atoms with Gasteiger partial charge in [0.15, 0.2) is 0 Å². The lowest BCUT2D eigenvalue weighted by Crippen LogP contribution is -2.27. The monoisotopic (exact) mass is 178 g/mol. The highest BCUT2D eigenvalue weighted by Gasteiger charge is 2.03. The first-order chi connectivity index (χ1) is 6.27. The van der Waals surface area contributed by atoms with E-state index in [1.807, 2.05) is 18.5 Å². The van der Waals surface area contributed by atoms with Gasteiger partial charge in [-0.3, -0.25) is 5.32 Å². The predicted octanol–water partition coefficient (Wildman–Crippen LogP) is 0.316. The maximum atomic E-state index is 5.31. The molecule has 0 bridgehead atoms. The zero-order valence-corrected chi connectivity index (χ0v) is 7.99. The molecule has 4 nitrogen and oxygen atoms in total. The Morgan fingerprint density at radius 2 is 2.54 bits per heavy atom. The number of terminal acetylenes is 1. The van der Waals surface area contributed by atoms with E-state index in [-0.39, 0.29) is 6.04 Å². The van der Waals surface area contributed by atoms with Crippen LogP contribution < -0.4 is 5.32 Å². The molecule has 13 heavy (non-hydrogen) atoms. The van der Waals surface area contributed by atoms with Gasteiger partial charge in [0.05, 0.1) is 12.6 Å². The van der Waals surface area contributed by atoms with E-state index < -0.39 is 0 Å². The van der Waals surface area contributed by atoms with E-state index in [4.69, 9.17) is 6.42 Å². The average molecular weight is 178 g/mol. The minimum Gasteiger partial charge on any atom is -0.320 e. The Balaban J connectivity index is 2.44. The summed E-state index contributed by atoms with van der Waals surface area (Å²) in [6.45, 7) is 2.72. The molecule has 0 aromatic carbocycles. The van der Waals surface area contributed by atoms with Crippen molar-refractivity contribution in [3.63, 3.8) is 0 Å². The van der Waals surface area contributed by atoms with E-state index in [1.165, 1.54) is 0 Å². The van der Waals surface area contributed by atoms with Crippen LogP contribution >= 0.6 is 0 Å². The summed E-state index contributed by atoms with van der Waals surface area (Å²) in [5.41, 5.74) is 0. The van der Waals surface area contributed by atoms with Crippen LogP contribution in [0.5, 0.6) is 0 Å². The van der Waals surface area contributed by atoms with Gasteiger partial charge in [0.25, 0.3) is 0 Å². The number of nitrogens with zero attached hydrogens (tertiary/aromatic N) is 3. The van der Waals surface area contributed by atoms with Crippen LogP contribution in [0, 0.1) is 12.3 Å². The fourth-order valence-electron chi connectivity index (χ4n) is 1.00. The van der Waals surface area contributed by atoms with Gasteiger partial charge in [-0.2, -0.15) is 0 Å². The van der Waals surface area contributed by atoms with E-state index in [0.717, 1.165) is 12.2 Å². The summed E-state index contributed by atoms with van der Waals surface area (Å²) < 4.78 is 1.87. The Morgan fingerprint density at radius 3 is 3.00 bits per heavy atom. The first-order valence-electron chi connectivity index (χ1n) is 4.30. The minimum atomic E-state index is 0.122. The summed E-state index contributed by atoms with van der Waals surface area (Å²) in [7, 11) is 1.91. The van der Waals surface area contributed by atoms with Crippen LogP contribution in [0.15, 0.2) is 6.33 Å². The molecular formula is C9H14N4. The van der Waals surface area contributed by atoms with Crippen LogP contribution in [0.4, 0.5) is 0 Å². The van der Waals surface area contributed by atoms with Crippen molar-refractivity contribution in [2.45, 2.75) is 25.9 Å². The number of rotatable bonds is 4. The zero-order chi connectivity index (χ0) is 9.68. The summed E-state index contributed by atoms with van der Waals surface area (Å²) in [4.78, 5) is 0. The number of hydrogen-bond donors (Lipinski definition) is 1. The molecule has 0 fully saturated rings. The maximum absolute atomic E-state index is 5.31. The number of nitrogens with one attached hydrogen (secondary N) is 1. The van der Waals surface area contributed by atoms with Crippen molar-refractivity contribution in [2.24, 2.45) is 7.05 Å². The van der Waals surface area contributed by atoms with Gasteiger partial charge in [-0.15, -0.1) is 16.6 Å². The fraction of sp³-hybridized carbons (Fsp3) is 0.556. The van der Waals surface area contributed by atoms with Crippen LogP contribution in [0.2, 0.25) is 0 Å². The van der Waals surface area contributed by atoms with Gasteiger partial charge >= 0.3 is 0 Å². The van der Waals surface area contributed by atoms with E-state index in [1.54, 1.807) is 6.33 Å². The third-order valence-corrected chi connectivity index (χ3v) is 1.92. The smallest absolute Gasteiger partial charge is 0.146 e. The lowest BCUT2D eigenvalue weighted by atomic mass is 10.2. The molecule has 0 spiro atoms. The highest BCUT2D eigenvalue weighted by Crippen LogP contribution is 1.93. The Morgan fingerprint density at radius 1 is 1.77 bits per heavy atom. The van der Waals surface area contributed by atoms with Crippen molar-refractivity contribution in [1.29, 1.82) is 0 Å². The summed E-state index contributed by atoms with van der Waals surface area (Å²) >= 11 is 0. The molecule has 70 valence electrons. The molecule has 0 aliphatic carbocycles. The SMILES string of the molecule is C#CC(CC)NCc1nncn1C. The van der Waals surface area contributed by atoms with Gasteiger partial charge in [0.1, 0.15) is 12.2 Å². The standard InChI is InChI=1S/C9H14N4/c1-4-8(5-2)10-6-9-12-11-7-13(9)3/h1,7-8,10H,5-6H2,2-3H3. The summed E-state index contributed by atoms with van der Waals surface area (Å²) in [6.07, 6.45) is 7.90. The molecule has 1 N–H and O–H groups in total. The molecule has 0 aliphatic heterocycles. The van der Waals surface area contributed by atoms with Gasteiger partial charge in [-0.05, 0) is 6.42 Å². The first kappa shape index (κ1) is 9.75. The van der Waals surface area contributed by atoms with Gasteiger partial charge in [-0.1, -0.05) is 12.8 Å². The van der Waals surface area contributed by atoms with E-state index in [9.17, 15) is 0 Å². The molecule has 1 rings (SSSR count). The van der Waals surface area contributed by atoms with Crippen LogP contribution in [0.3, 0.4) is 0 Å². The quantitative estimate of drug-likeness (QED) is 0.675. The molecule has 0 amide bonds. The Labute approximate surface area is 78.4 Å². The largest absolute Gasteiger partial charge is 0.320 e. The topological polar surface area (TPSA) is 42.7 Å². The molecule has 0 saturated heterocycles. The fourth-order valence-corrected chi connectivity index (χ4v) is 1.00. The Kier molecular flexibility index (Phi) is 3.47. The van der Waals surface area contributed by atoms with Gasteiger partial charge < -0.3 is 4.57 Å². The van der Waals surface area contributed by atoms with E-state index in [2.05, 4.69) is 21.4 Å². The van der Waals surface area contributed by atoms with Crippen LogP contribution in [-0.4, -0.2) is 20.8 Å². The second kappa shape index (κ2) is 4.63. The predicted molar refractivity (Wildman–Crippen MR) is 50.8 cm³/mol. The van der Waals surface area contributed by atoms with Crippen molar-refractivity contribution in [2.75, 3.05) is 0 Å². The van der Waals surface area contributed by atoms with Crippen molar-refractivity contribution >= 4 is 0 Å². The van der Waals surface area contributed by atoms with Crippen LogP contribution in [0.1, 0.15) is 19.2 Å². The normalized spacial score (nSPS) is 12.4. The molecule has 4 heteroatoms. The molecule has 0 radical (unpaired) electrons. The van der Waals surface area contributed by atoms with Crippen molar-refractivity contribution in [3.05, 3.63) is 12.2 Å². The lowest BCUT2D eigenvalue weighted by Gasteiger charge is -2.09. The number of aromatic nitrogens is 3. The summed E-state index contributed by atoms with van der Waals surface area (Å²) in [5, 5.41) is 10.9. The third-order valence-electron chi connectivity index (χ3n) is 1.92. The summed E-state index contributed by atoms with van der Waals surface area (Å²) in [6, 6.07) is 0.122. The van der Waals surface area contributed by atoms with Crippen molar-refractivity contribution < 1.29 is 0 Å². The van der Waals surface area contributed by atoms with Crippen molar-refractivity contribution in [3.8, 4) is 12.3 Å². The second-order valence-electron chi connectivity index (χ2n) is 2.87. The molecule has 0 aliphatic rings. The van der Waals surface area contributed by atoms with Crippen LogP contribution in [0.25, 0.3) is 0 Å². The highest BCUT2D eigenvalue weighted by molar-refractivity contribution is 4.99. The van der Waals surface area contributed by atoms with Gasteiger partial charge in [0, 0.05) is 7.05 Å².